The SMILES string of the molecule is Cc1cc(C)cc(C(=O)NOCCCCCC(=O)NO)c1.Cl. The highest BCUT2D eigenvalue weighted by atomic mass is 35.5. The number of carbonyl (C=O) groups is 2. The van der Waals surface area contributed by atoms with E-state index in [0.717, 1.165) is 24.0 Å². The first-order valence-corrected chi connectivity index (χ1v) is 6.96. The highest BCUT2D eigenvalue weighted by Crippen LogP contribution is 2.08. The van der Waals surface area contributed by atoms with Gasteiger partial charge in [-0.05, 0) is 38.8 Å². The lowest BCUT2D eigenvalue weighted by atomic mass is 10.1. The molecule has 0 saturated carbocycles. The lowest BCUT2D eigenvalue weighted by molar-refractivity contribution is -0.129. The molecule has 0 fully saturated rings. The van der Waals surface area contributed by atoms with Crippen molar-refractivity contribution in [3.63, 3.8) is 0 Å². The first-order chi connectivity index (χ1) is 10.0. The number of amides is 2. The number of carbonyl (C=O) groups excluding carboxylic acids is 2. The molecule has 22 heavy (non-hydrogen) atoms. The van der Waals surface area contributed by atoms with Gasteiger partial charge in [-0.25, -0.2) is 11.0 Å². The van der Waals surface area contributed by atoms with E-state index in [2.05, 4.69) is 5.48 Å². The van der Waals surface area contributed by atoms with Gasteiger partial charge in [0.15, 0.2) is 0 Å². The maximum absolute atomic E-state index is 11.8. The quantitative estimate of drug-likeness (QED) is 0.388. The summed E-state index contributed by atoms with van der Waals surface area (Å²) < 4.78 is 0. The van der Waals surface area contributed by atoms with Crippen molar-refractivity contribution >= 4 is 24.2 Å². The Morgan fingerprint density at radius 3 is 2.32 bits per heavy atom. The number of unbranched alkanes of at least 4 members (excludes halogenated alkanes) is 2. The molecule has 0 aliphatic rings. The average molecular weight is 331 g/mol. The number of aryl methyl sites for hydroxylation is 2. The van der Waals surface area contributed by atoms with E-state index in [9.17, 15) is 9.59 Å². The van der Waals surface area contributed by atoms with Crippen molar-refractivity contribution < 1.29 is 19.6 Å². The van der Waals surface area contributed by atoms with Crippen molar-refractivity contribution in [2.45, 2.75) is 39.5 Å². The second kappa shape index (κ2) is 11.0. The minimum atomic E-state index is -0.390. The molecule has 3 N–H and O–H groups in total. The Labute approximate surface area is 136 Å². The molecule has 0 spiro atoms. The summed E-state index contributed by atoms with van der Waals surface area (Å²) in [4.78, 5) is 27.7. The van der Waals surface area contributed by atoms with E-state index in [-0.39, 0.29) is 30.6 Å². The first-order valence-electron chi connectivity index (χ1n) is 6.96. The Hall–Kier alpha value is -1.63. The number of nitrogens with one attached hydrogen (secondary N) is 2. The van der Waals surface area contributed by atoms with Crippen molar-refractivity contribution in [1.82, 2.24) is 11.0 Å². The maximum atomic E-state index is 11.8. The molecule has 1 rings (SSSR count). The van der Waals surface area contributed by atoms with Gasteiger partial charge in [0.25, 0.3) is 5.91 Å². The molecular formula is C15H23ClN2O4. The molecule has 7 heteroatoms. The van der Waals surface area contributed by atoms with Gasteiger partial charge in [-0.15, -0.1) is 12.4 Å². The lowest BCUT2D eigenvalue weighted by Gasteiger charge is -2.07. The summed E-state index contributed by atoms with van der Waals surface area (Å²) in [5, 5.41) is 8.31. The van der Waals surface area contributed by atoms with Gasteiger partial charge in [0.2, 0.25) is 5.91 Å². The van der Waals surface area contributed by atoms with Crippen LogP contribution in [0.2, 0.25) is 0 Å². The maximum Gasteiger partial charge on any atom is 0.274 e. The van der Waals surface area contributed by atoms with Gasteiger partial charge < -0.3 is 0 Å². The van der Waals surface area contributed by atoms with Gasteiger partial charge >= 0.3 is 0 Å². The van der Waals surface area contributed by atoms with Gasteiger partial charge in [-0.2, -0.15) is 0 Å². The van der Waals surface area contributed by atoms with Crippen molar-refractivity contribution in [2.24, 2.45) is 0 Å². The largest absolute Gasteiger partial charge is 0.289 e. The molecule has 0 radical (unpaired) electrons. The Kier molecular flexibility index (Phi) is 10.2. The van der Waals surface area contributed by atoms with Gasteiger partial charge in [-0.1, -0.05) is 23.6 Å². The smallest absolute Gasteiger partial charge is 0.274 e. The van der Waals surface area contributed by atoms with Crippen LogP contribution in [0.1, 0.15) is 47.2 Å². The summed E-state index contributed by atoms with van der Waals surface area (Å²) in [6.07, 6.45) is 2.46. The summed E-state index contributed by atoms with van der Waals surface area (Å²) >= 11 is 0. The molecule has 0 saturated heterocycles. The van der Waals surface area contributed by atoms with Crippen LogP contribution < -0.4 is 11.0 Å². The summed E-state index contributed by atoms with van der Waals surface area (Å²) in [5.74, 6) is -0.652. The van der Waals surface area contributed by atoms with Crippen LogP contribution in [0.25, 0.3) is 0 Å². The monoisotopic (exact) mass is 330 g/mol. The first kappa shape index (κ1) is 20.4. The Morgan fingerprint density at radius 1 is 1.09 bits per heavy atom. The fourth-order valence-electron chi connectivity index (χ4n) is 1.97. The minimum absolute atomic E-state index is 0. The molecular weight excluding hydrogens is 308 g/mol. The number of benzene rings is 1. The van der Waals surface area contributed by atoms with Crippen LogP contribution in [0.5, 0.6) is 0 Å². The van der Waals surface area contributed by atoms with Crippen LogP contribution in [0.3, 0.4) is 0 Å². The topological polar surface area (TPSA) is 87.7 Å². The molecule has 6 nitrogen and oxygen atoms in total. The molecule has 1 aromatic rings. The molecule has 0 aromatic heterocycles. The molecule has 0 aliphatic carbocycles. The van der Waals surface area contributed by atoms with E-state index < -0.39 is 0 Å². The molecule has 1 aromatic carbocycles. The van der Waals surface area contributed by atoms with Crippen LogP contribution in [-0.4, -0.2) is 23.6 Å². The Balaban J connectivity index is 0.00000441. The van der Waals surface area contributed by atoms with Crippen LogP contribution >= 0.6 is 12.4 Å². The molecule has 0 unspecified atom stereocenters. The number of hydroxylamine groups is 2. The van der Waals surface area contributed by atoms with Crippen LogP contribution in [0, 0.1) is 13.8 Å². The number of halogens is 1. The predicted molar refractivity (Wildman–Crippen MR) is 85.0 cm³/mol. The fourth-order valence-corrected chi connectivity index (χ4v) is 1.97. The predicted octanol–water partition coefficient (Wildman–Crippen LogP) is 2.45. The molecule has 0 aliphatic heterocycles. The van der Waals surface area contributed by atoms with Crippen molar-refractivity contribution in [3.05, 3.63) is 34.9 Å². The van der Waals surface area contributed by atoms with Gasteiger partial charge in [-0.3, -0.25) is 19.6 Å². The summed E-state index contributed by atoms with van der Waals surface area (Å²) in [6, 6.07) is 5.61. The second-order valence-corrected chi connectivity index (χ2v) is 5.00. The summed E-state index contributed by atoms with van der Waals surface area (Å²) in [5.41, 5.74) is 6.62. The Morgan fingerprint density at radius 2 is 1.73 bits per heavy atom. The molecule has 2 amide bonds. The number of rotatable bonds is 8. The highest BCUT2D eigenvalue weighted by Gasteiger charge is 2.06. The highest BCUT2D eigenvalue weighted by molar-refractivity contribution is 5.93. The summed E-state index contributed by atoms with van der Waals surface area (Å²) in [7, 11) is 0. The van der Waals surface area contributed by atoms with Crippen molar-refractivity contribution in [3.8, 4) is 0 Å². The van der Waals surface area contributed by atoms with Gasteiger partial charge in [0, 0.05) is 12.0 Å². The average Bonchev–Trinajstić information content (AvgIpc) is 2.44. The number of hydrogen-bond donors (Lipinski definition) is 3. The van der Waals surface area contributed by atoms with E-state index in [1.54, 1.807) is 17.6 Å². The molecule has 124 valence electrons. The second-order valence-electron chi connectivity index (χ2n) is 5.00. The molecule has 0 bridgehead atoms. The van der Waals surface area contributed by atoms with E-state index in [4.69, 9.17) is 10.0 Å². The van der Waals surface area contributed by atoms with Crippen LogP contribution in [-0.2, 0) is 9.63 Å². The number of hydrogen-bond acceptors (Lipinski definition) is 4. The molecule has 0 heterocycles. The molecule has 0 atom stereocenters. The van der Waals surface area contributed by atoms with Crippen molar-refractivity contribution in [2.75, 3.05) is 6.61 Å². The Bertz CT molecular complexity index is 474. The zero-order valence-electron chi connectivity index (χ0n) is 12.8. The lowest BCUT2D eigenvalue weighted by Crippen LogP contribution is -2.24. The van der Waals surface area contributed by atoms with E-state index in [1.165, 1.54) is 0 Å². The normalized spacial score (nSPS) is 9.77. The minimum Gasteiger partial charge on any atom is -0.289 e. The van der Waals surface area contributed by atoms with E-state index >= 15 is 0 Å². The fraction of sp³-hybridized carbons (Fsp3) is 0.467. The van der Waals surface area contributed by atoms with Crippen LogP contribution in [0.4, 0.5) is 0 Å². The standard InChI is InChI=1S/C15H22N2O4.ClH/c1-11-8-12(2)10-13(9-11)15(19)17-21-7-5-3-4-6-14(18)16-20;/h8-10,20H,3-7H2,1-2H3,(H,16,18)(H,17,19);1H. The van der Waals surface area contributed by atoms with Crippen LogP contribution in [0.15, 0.2) is 18.2 Å². The zero-order valence-corrected chi connectivity index (χ0v) is 13.7. The van der Waals surface area contributed by atoms with Gasteiger partial charge in [0.05, 0.1) is 6.61 Å². The zero-order chi connectivity index (χ0) is 15.7. The third-order valence-electron chi connectivity index (χ3n) is 2.92. The van der Waals surface area contributed by atoms with E-state index in [1.807, 2.05) is 19.9 Å². The third kappa shape index (κ3) is 7.97. The summed E-state index contributed by atoms with van der Waals surface area (Å²) in [6.45, 7) is 4.26. The van der Waals surface area contributed by atoms with E-state index in [0.29, 0.717) is 18.6 Å². The third-order valence-corrected chi connectivity index (χ3v) is 2.92. The van der Waals surface area contributed by atoms with Crippen molar-refractivity contribution in [1.29, 1.82) is 0 Å². The van der Waals surface area contributed by atoms with Gasteiger partial charge in [0.1, 0.15) is 0 Å².